The van der Waals surface area contributed by atoms with Gasteiger partial charge in [0.2, 0.25) is 5.91 Å². The van der Waals surface area contributed by atoms with E-state index in [1.807, 2.05) is 11.8 Å². The first-order valence-electron chi connectivity index (χ1n) is 10.5. The third-order valence-electron chi connectivity index (χ3n) is 5.48. The Morgan fingerprint density at radius 1 is 1.03 bits per heavy atom. The first kappa shape index (κ1) is 22.0. The molecule has 2 heterocycles. The van der Waals surface area contributed by atoms with Crippen LogP contribution in [0.3, 0.4) is 0 Å². The molecule has 0 saturated carbocycles. The van der Waals surface area contributed by atoms with E-state index in [-0.39, 0.29) is 24.3 Å². The summed E-state index contributed by atoms with van der Waals surface area (Å²) >= 11 is 0. The molecule has 1 fully saturated rings. The van der Waals surface area contributed by atoms with E-state index in [4.69, 9.17) is 5.11 Å². The van der Waals surface area contributed by atoms with E-state index in [0.717, 1.165) is 25.9 Å². The van der Waals surface area contributed by atoms with Crippen LogP contribution in [0.2, 0.25) is 0 Å². The monoisotopic (exact) mass is 414 g/mol. The summed E-state index contributed by atoms with van der Waals surface area (Å²) in [5.74, 6) is -0.653. The van der Waals surface area contributed by atoms with Crippen LogP contribution in [-0.2, 0) is 14.4 Å². The molecule has 162 valence electrons. The zero-order valence-corrected chi connectivity index (χ0v) is 17.7. The normalized spacial score (nSPS) is 17.8. The van der Waals surface area contributed by atoms with Crippen molar-refractivity contribution in [3.05, 3.63) is 35.5 Å². The highest BCUT2D eigenvalue weighted by Crippen LogP contribution is 2.33. The highest BCUT2D eigenvalue weighted by atomic mass is 16.3. The lowest BCUT2D eigenvalue weighted by Gasteiger charge is -2.36. The molecule has 0 atom stereocenters. The van der Waals surface area contributed by atoms with Crippen molar-refractivity contribution in [2.24, 2.45) is 0 Å². The number of benzene rings is 1. The smallest absolute Gasteiger partial charge is 0.277 e. The van der Waals surface area contributed by atoms with Gasteiger partial charge < -0.3 is 15.3 Å². The summed E-state index contributed by atoms with van der Waals surface area (Å²) in [6.45, 7) is 7.32. The van der Waals surface area contributed by atoms with Crippen LogP contribution in [0, 0.1) is 0 Å². The van der Waals surface area contributed by atoms with Crippen molar-refractivity contribution < 1.29 is 19.5 Å². The number of nitrogens with zero attached hydrogens (tertiary/aromatic N) is 3. The molecule has 8 nitrogen and oxygen atoms in total. The highest BCUT2D eigenvalue weighted by Gasteiger charge is 2.41. The van der Waals surface area contributed by atoms with Crippen LogP contribution in [-0.4, -0.2) is 83.4 Å². The molecule has 2 N–H and O–H groups in total. The summed E-state index contributed by atoms with van der Waals surface area (Å²) in [6.07, 6.45) is 1.66. The minimum atomic E-state index is -0.256. The Morgan fingerprint density at radius 3 is 2.27 bits per heavy atom. The average Bonchev–Trinajstić information content (AvgIpc) is 2.97. The van der Waals surface area contributed by atoms with Crippen LogP contribution < -0.4 is 5.32 Å². The number of β-amino-alcohol motifs (C(OH)–C–C–N with tert-alkyl or cyclic N) is 1. The molecule has 8 heteroatoms. The van der Waals surface area contributed by atoms with Gasteiger partial charge in [-0.15, -0.1) is 0 Å². The summed E-state index contributed by atoms with van der Waals surface area (Å²) in [5.41, 5.74) is 2.22. The van der Waals surface area contributed by atoms with Crippen molar-refractivity contribution in [1.29, 1.82) is 0 Å². The Kier molecular flexibility index (Phi) is 7.23. The van der Waals surface area contributed by atoms with Gasteiger partial charge in [-0.25, -0.2) is 0 Å². The summed E-state index contributed by atoms with van der Waals surface area (Å²) in [5, 5.41) is 11.9. The quantitative estimate of drug-likeness (QED) is 0.620. The van der Waals surface area contributed by atoms with Gasteiger partial charge in [0.05, 0.1) is 12.2 Å². The van der Waals surface area contributed by atoms with Crippen molar-refractivity contribution in [3.63, 3.8) is 0 Å². The van der Waals surface area contributed by atoms with Crippen LogP contribution in [0.1, 0.15) is 32.3 Å². The molecule has 1 aromatic carbocycles. The summed E-state index contributed by atoms with van der Waals surface area (Å²) in [6, 6.07) is 7.04. The number of hydrogen-bond donors (Lipinski definition) is 2. The fourth-order valence-electron chi connectivity index (χ4n) is 3.90. The summed E-state index contributed by atoms with van der Waals surface area (Å²) in [7, 11) is 0. The number of rotatable bonds is 8. The van der Waals surface area contributed by atoms with Crippen molar-refractivity contribution in [2.75, 3.05) is 51.2 Å². The van der Waals surface area contributed by atoms with E-state index in [0.29, 0.717) is 48.7 Å². The highest BCUT2D eigenvalue weighted by molar-refractivity contribution is 6.35. The molecule has 0 unspecified atom stereocenters. The van der Waals surface area contributed by atoms with E-state index >= 15 is 0 Å². The van der Waals surface area contributed by atoms with Crippen LogP contribution >= 0.6 is 0 Å². The fraction of sp³-hybridized carbons (Fsp3) is 0.500. The number of imide groups is 1. The number of hydrogen-bond acceptors (Lipinski definition) is 6. The number of piperazine rings is 1. The molecule has 0 aliphatic carbocycles. The standard InChI is InChI=1S/C22H30N4O4/c1-3-4-9-26-21(29)19(17-5-7-18(8-6-17)23-16(2)28)20(22(26)30)25-12-10-24(11-13-25)14-15-27/h5-8,27H,3-4,9-15H2,1-2H3,(H,23,28). The number of aliphatic hydroxyl groups is 1. The van der Waals surface area contributed by atoms with Gasteiger partial charge in [0, 0.05) is 51.9 Å². The predicted octanol–water partition coefficient (Wildman–Crippen LogP) is 1.13. The number of aliphatic hydroxyl groups excluding tert-OH is 1. The van der Waals surface area contributed by atoms with Crippen LogP contribution in [0.15, 0.2) is 30.0 Å². The SMILES string of the molecule is CCCCN1C(=O)C(c2ccc(NC(C)=O)cc2)=C(N2CCN(CCO)CC2)C1=O. The number of amides is 3. The number of carbonyl (C=O) groups is 3. The third-order valence-corrected chi connectivity index (χ3v) is 5.48. The maximum Gasteiger partial charge on any atom is 0.277 e. The first-order chi connectivity index (χ1) is 14.5. The van der Waals surface area contributed by atoms with Crippen LogP contribution in [0.4, 0.5) is 5.69 Å². The molecule has 3 rings (SSSR count). The maximum absolute atomic E-state index is 13.2. The van der Waals surface area contributed by atoms with Crippen molar-refractivity contribution in [1.82, 2.24) is 14.7 Å². The lowest BCUT2D eigenvalue weighted by Crippen LogP contribution is -2.48. The predicted molar refractivity (Wildman–Crippen MR) is 114 cm³/mol. The first-order valence-corrected chi connectivity index (χ1v) is 10.5. The zero-order chi connectivity index (χ0) is 21.7. The topological polar surface area (TPSA) is 93.2 Å². The molecule has 0 spiro atoms. The number of carbonyl (C=O) groups excluding carboxylic acids is 3. The van der Waals surface area contributed by atoms with Crippen LogP contribution in [0.25, 0.3) is 5.57 Å². The van der Waals surface area contributed by atoms with Gasteiger partial charge in [0.1, 0.15) is 5.70 Å². The van der Waals surface area contributed by atoms with E-state index < -0.39 is 0 Å². The molecule has 0 bridgehead atoms. The number of unbranched alkanes of at least 4 members (excludes halogenated alkanes) is 1. The van der Waals surface area contributed by atoms with E-state index in [1.165, 1.54) is 11.8 Å². The van der Waals surface area contributed by atoms with Gasteiger partial charge >= 0.3 is 0 Å². The lowest BCUT2D eigenvalue weighted by molar-refractivity contribution is -0.137. The van der Waals surface area contributed by atoms with Gasteiger partial charge in [0.15, 0.2) is 0 Å². The van der Waals surface area contributed by atoms with Gasteiger partial charge in [-0.1, -0.05) is 25.5 Å². The molecule has 0 radical (unpaired) electrons. The molecule has 2 aliphatic heterocycles. The largest absolute Gasteiger partial charge is 0.395 e. The molecule has 1 saturated heterocycles. The Balaban J connectivity index is 1.91. The minimum absolute atomic E-state index is 0.108. The van der Waals surface area contributed by atoms with Crippen molar-refractivity contribution in [3.8, 4) is 0 Å². The Bertz CT molecular complexity index is 826. The van der Waals surface area contributed by atoms with Gasteiger partial charge in [-0.05, 0) is 24.1 Å². The van der Waals surface area contributed by atoms with Gasteiger partial charge in [-0.2, -0.15) is 0 Å². The summed E-state index contributed by atoms with van der Waals surface area (Å²) < 4.78 is 0. The Morgan fingerprint density at radius 2 is 1.70 bits per heavy atom. The average molecular weight is 415 g/mol. The second-order valence-electron chi connectivity index (χ2n) is 7.65. The maximum atomic E-state index is 13.2. The molecule has 3 amide bonds. The molecular weight excluding hydrogens is 384 g/mol. The molecule has 2 aliphatic rings. The van der Waals surface area contributed by atoms with Crippen molar-refractivity contribution in [2.45, 2.75) is 26.7 Å². The minimum Gasteiger partial charge on any atom is -0.395 e. The second kappa shape index (κ2) is 9.86. The van der Waals surface area contributed by atoms with Crippen LogP contribution in [0.5, 0.6) is 0 Å². The number of nitrogens with one attached hydrogen (secondary N) is 1. The summed E-state index contributed by atoms with van der Waals surface area (Å²) in [4.78, 5) is 43.2. The Hall–Kier alpha value is -2.71. The molecule has 0 aromatic heterocycles. The molecule has 1 aromatic rings. The van der Waals surface area contributed by atoms with E-state index in [2.05, 4.69) is 10.2 Å². The van der Waals surface area contributed by atoms with E-state index in [1.54, 1.807) is 24.3 Å². The second-order valence-corrected chi connectivity index (χ2v) is 7.65. The molecular formula is C22H30N4O4. The molecule has 30 heavy (non-hydrogen) atoms. The van der Waals surface area contributed by atoms with Gasteiger partial charge in [0.25, 0.3) is 11.8 Å². The third kappa shape index (κ3) is 4.71. The lowest BCUT2D eigenvalue weighted by atomic mass is 10.0. The van der Waals surface area contributed by atoms with Crippen molar-refractivity contribution >= 4 is 29.0 Å². The number of anilines is 1. The fourth-order valence-corrected chi connectivity index (χ4v) is 3.90. The Labute approximate surface area is 177 Å². The zero-order valence-electron chi connectivity index (χ0n) is 17.7. The van der Waals surface area contributed by atoms with E-state index in [9.17, 15) is 14.4 Å². The van der Waals surface area contributed by atoms with Gasteiger partial charge in [-0.3, -0.25) is 24.2 Å².